The Hall–Kier alpha value is -2.23. The van der Waals surface area contributed by atoms with E-state index >= 15 is 0 Å². The largest absolute Gasteiger partial charge is 0.394 e. The molecular formula is C49H76O37S. The van der Waals surface area contributed by atoms with Crippen molar-refractivity contribution in [3.63, 3.8) is 0 Å². The molecule has 37 nitrogen and oxygen atoms in total. The van der Waals surface area contributed by atoms with Crippen LogP contribution in [-0.4, -0.2) is 372 Å². The second-order valence-corrected chi connectivity index (χ2v) is 23.6. The first-order valence-electron chi connectivity index (χ1n) is 27.6. The molecule has 35 atom stereocenters. The van der Waals surface area contributed by atoms with Crippen molar-refractivity contribution in [2.75, 3.05) is 46.2 Å². The molecule has 1 aromatic rings. The van der Waals surface area contributed by atoms with Gasteiger partial charge in [-0.2, -0.15) is 8.42 Å². The van der Waals surface area contributed by atoms with Crippen LogP contribution in [-0.2, 0) is 80.6 Å². The van der Waals surface area contributed by atoms with Gasteiger partial charge < -0.3 is 168 Å². The molecule has 21 aliphatic rings. The normalized spacial score (nSPS) is 50.5. The molecule has 21 heterocycles. The number of aliphatic hydroxyl groups is 20. The summed E-state index contributed by atoms with van der Waals surface area (Å²) in [6, 6.07) is 5.26. The van der Waals surface area contributed by atoms with E-state index < -0.39 is 271 Å². The second-order valence-electron chi connectivity index (χ2n) is 22.0. The molecule has 0 aromatic heterocycles. The van der Waals surface area contributed by atoms with Crippen LogP contribution in [0.4, 0.5) is 0 Å². The van der Waals surface area contributed by atoms with Gasteiger partial charge >= 0.3 is 0 Å². The van der Waals surface area contributed by atoms with Crippen LogP contribution in [0.3, 0.4) is 0 Å². The molecule has 0 radical (unpaired) electrons. The van der Waals surface area contributed by atoms with Gasteiger partial charge in [0.1, 0.15) is 171 Å². The first kappa shape index (κ1) is 69.1. The van der Waals surface area contributed by atoms with Gasteiger partial charge in [0.25, 0.3) is 10.1 Å². The van der Waals surface area contributed by atoms with E-state index in [4.69, 9.17) is 70.5 Å². The fourth-order valence-corrected chi connectivity index (χ4v) is 12.3. The molecule has 21 fully saturated rings. The minimum absolute atomic E-state index is 0.376. The molecule has 0 aliphatic carbocycles. The fourth-order valence-electron chi connectivity index (χ4n) is 11.3. The molecule has 21 aliphatic heterocycles. The highest BCUT2D eigenvalue weighted by Crippen LogP contribution is 2.39. The number of aryl methyl sites for hydroxylation is 1. The zero-order chi connectivity index (χ0) is 63.2. The highest BCUT2D eigenvalue weighted by Gasteiger charge is 2.60. The van der Waals surface area contributed by atoms with Crippen LogP contribution in [0.1, 0.15) is 5.56 Å². The molecule has 0 saturated carbocycles. The highest BCUT2D eigenvalue weighted by molar-refractivity contribution is 7.86. The Balaban J connectivity index is 1.02. The quantitative estimate of drug-likeness (QED) is 0.0967. The summed E-state index contributed by atoms with van der Waals surface area (Å²) >= 11 is 0. The standard InChI is InChI=1S/C49H76O37S/c1-13-2-4-14(5-3-13)87(70,71)72-12-21-42-28(62)35(69)49(79-21)85-41-20(11-55)77-47(33(67)26(41)60)83-39-18(9-53)75-45(31(65)24(39)58)81-37-16(7-51)73-43(29(63)22(37)56)80-36-15(6-50)74-44(30(64)23(36)57)82-38-17(8-52)76-46(32(66)25(38)59)84-40-19(10-54)78-48(86-42)34(68)27(40)61/h2-5,15-69H,6-12H2,1H3. The van der Waals surface area contributed by atoms with Crippen molar-refractivity contribution in [2.45, 2.75) is 227 Å². The molecule has 20 N–H and O–H groups in total. The van der Waals surface area contributed by atoms with E-state index in [0.717, 1.165) is 0 Å². The highest BCUT2D eigenvalue weighted by atomic mass is 32.2. The van der Waals surface area contributed by atoms with Crippen molar-refractivity contribution in [2.24, 2.45) is 0 Å². The van der Waals surface area contributed by atoms with Crippen LogP contribution in [0.15, 0.2) is 29.2 Å². The molecule has 0 spiro atoms. The van der Waals surface area contributed by atoms with E-state index in [1.165, 1.54) is 24.3 Å². The third-order valence-corrected chi connectivity index (χ3v) is 17.6. The lowest BCUT2D eigenvalue weighted by Gasteiger charge is -2.50. The van der Waals surface area contributed by atoms with Crippen LogP contribution in [0.5, 0.6) is 0 Å². The predicted molar refractivity (Wildman–Crippen MR) is 266 cm³/mol. The average Bonchev–Trinajstić information content (AvgIpc) is 1.10. The smallest absolute Gasteiger partial charge is 0.297 e. The zero-order valence-electron chi connectivity index (χ0n) is 45.8. The molecule has 500 valence electrons. The van der Waals surface area contributed by atoms with Crippen molar-refractivity contribution in [3.8, 4) is 0 Å². The number of hydrogen-bond acceptors (Lipinski definition) is 37. The van der Waals surface area contributed by atoms with Crippen LogP contribution in [0.25, 0.3) is 0 Å². The molecule has 21 saturated heterocycles. The zero-order valence-corrected chi connectivity index (χ0v) is 46.6. The van der Waals surface area contributed by atoms with E-state index in [9.17, 15) is 111 Å². The summed E-state index contributed by atoms with van der Waals surface area (Å²) in [5.74, 6) is 0. The first-order chi connectivity index (χ1) is 41.3. The van der Waals surface area contributed by atoms with Crippen LogP contribution >= 0.6 is 0 Å². The van der Waals surface area contributed by atoms with E-state index in [-0.39, 0.29) is 4.90 Å². The Kier molecular flexibility index (Phi) is 23.0. The van der Waals surface area contributed by atoms with Crippen molar-refractivity contribution < 1.29 is 181 Å². The second kappa shape index (κ2) is 29.0. The summed E-state index contributed by atoms with van der Waals surface area (Å²) in [5, 5.41) is 223. The minimum Gasteiger partial charge on any atom is -0.394 e. The molecule has 0 amide bonds. The molecular weight excluding hydrogens is 1210 g/mol. The molecule has 1 aromatic carbocycles. The third-order valence-electron chi connectivity index (χ3n) is 16.3. The van der Waals surface area contributed by atoms with Gasteiger partial charge in [-0.25, -0.2) is 0 Å². The summed E-state index contributed by atoms with van der Waals surface area (Å²) < 4.78 is 113. The lowest BCUT2D eigenvalue weighted by Crippen LogP contribution is -2.68. The fraction of sp³-hybridized carbons (Fsp3) is 0.878. The van der Waals surface area contributed by atoms with E-state index in [0.29, 0.717) is 5.56 Å². The SMILES string of the molecule is Cc1ccc(S(=O)(=O)OCC2OC3OC4C(CO)OC(OC5C(CO)OC(OC6C(CO)OC(OC7C(CO)OC(OC8C(CO)OC(OC9C(CO)OC(OC2C(O)C3O)C(O)C9O)C(O)C8O)C(O)C7O)C(O)C6O)C(O)C5O)C(O)C4O)cc1. The Morgan fingerprint density at radius 3 is 0.678 bits per heavy atom. The minimum atomic E-state index is -4.72. The van der Waals surface area contributed by atoms with Crippen LogP contribution < -0.4 is 0 Å². The third kappa shape index (κ3) is 14.0. The molecule has 14 bridgehead atoms. The average molecular weight is 1290 g/mol. The van der Waals surface area contributed by atoms with Crippen molar-refractivity contribution in [1.29, 1.82) is 0 Å². The first-order valence-corrected chi connectivity index (χ1v) is 29.0. The van der Waals surface area contributed by atoms with Gasteiger partial charge in [0, 0.05) is 0 Å². The van der Waals surface area contributed by atoms with Crippen molar-refractivity contribution in [3.05, 3.63) is 29.8 Å². The monoisotopic (exact) mass is 1290 g/mol. The number of ether oxygens (including phenoxy) is 14. The maximum absolute atomic E-state index is 13.5. The van der Waals surface area contributed by atoms with Gasteiger partial charge in [-0.3, -0.25) is 4.18 Å². The number of rotatable bonds is 10. The maximum atomic E-state index is 13.5. The Morgan fingerprint density at radius 1 is 0.299 bits per heavy atom. The Bertz CT molecular complexity index is 2420. The molecule has 22 rings (SSSR count). The summed E-state index contributed by atoms with van der Waals surface area (Å²) in [6.07, 6.45) is -72.9. The van der Waals surface area contributed by atoms with Gasteiger partial charge in [0.05, 0.1) is 51.1 Å². The van der Waals surface area contributed by atoms with Crippen molar-refractivity contribution >= 4 is 10.1 Å². The molecule has 87 heavy (non-hydrogen) atoms. The van der Waals surface area contributed by atoms with Crippen molar-refractivity contribution in [1.82, 2.24) is 0 Å². The summed E-state index contributed by atoms with van der Waals surface area (Å²) in [4.78, 5) is -0.376. The number of aliphatic hydroxyl groups excluding tert-OH is 20. The lowest BCUT2D eigenvalue weighted by atomic mass is 9.95. The van der Waals surface area contributed by atoms with Gasteiger partial charge in [0.15, 0.2) is 44.0 Å². The predicted octanol–water partition coefficient (Wildman–Crippen LogP) is -13.5. The van der Waals surface area contributed by atoms with Gasteiger partial charge in [0.2, 0.25) is 0 Å². The summed E-state index contributed by atoms with van der Waals surface area (Å²) in [7, 11) is -4.72. The summed E-state index contributed by atoms with van der Waals surface area (Å²) in [6.45, 7) is -6.01. The van der Waals surface area contributed by atoms with Crippen LogP contribution in [0.2, 0.25) is 0 Å². The van der Waals surface area contributed by atoms with E-state index in [1.54, 1.807) is 6.92 Å². The summed E-state index contributed by atoms with van der Waals surface area (Å²) in [5.41, 5.74) is 0.657. The van der Waals surface area contributed by atoms with Gasteiger partial charge in [-0.15, -0.1) is 0 Å². The Morgan fingerprint density at radius 2 is 0.483 bits per heavy atom. The molecule has 38 heteroatoms. The van der Waals surface area contributed by atoms with Gasteiger partial charge in [-0.05, 0) is 19.1 Å². The molecule has 35 unspecified atom stereocenters. The van der Waals surface area contributed by atoms with E-state index in [1.807, 2.05) is 0 Å². The van der Waals surface area contributed by atoms with Gasteiger partial charge in [-0.1, -0.05) is 17.7 Å². The van der Waals surface area contributed by atoms with E-state index in [2.05, 4.69) is 0 Å². The number of benzene rings is 1. The Labute approximate surface area is 492 Å². The topological polar surface area (TPSA) is 577 Å². The lowest BCUT2D eigenvalue weighted by molar-refractivity contribution is -0.396. The number of hydrogen-bond donors (Lipinski definition) is 20. The van der Waals surface area contributed by atoms with Crippen LogP contribution in [0, 0.1) is 6.92 Å². The maximum Gasteiger partial charge on any atom is 0.297 e.